The number of benzene rings is 2. The highest BCUT2D eigenvalue weighted by Gasteiger charge is 1.93. The molecule has 0 atom stereocenters. The molecule has 3 nitrogen and oxygen atoms in total. The van der Waals surface area contributed by atoms with Gasteiger partial charge in [0.1, 0.15) is 5.75 Å². The van der Waals surface area contributed by atoms with Crippen molar-refractivity contribution in [1.82, 2.24) is 0 Å². The maximum atomic E-state index is 5.63. The summed E-state index contributed by atoms with van der Waals surface area (Å²) in [5.74, 6) is 0.876. The van der Waals surface area contributed by atoms with Crippen LogP contribution in [0.3, 0.4) is 0 Å². The normalized spacial score (nSPS) is 9.73. The van der Waals surface area contributed by atoms with Crippen LogP contribution in [-0.2, 0) is 0 Å². The van der Waals surface area contributed by atoms with Crippen molar-refractivity contribution in [2.45, 2.75) is 39.5 Å². The maximum absolute atomic E-state index is 5.63. The van der Waals surface area contributed by atoms with Crippen LogP contribution in [0.4, 0.5) is 11.4 Å². The largest absolute Gasteiger partial charge is 0.494 e. The van der Waals surface area contributed by atoms with E-state index in [1.54, 1.807) is 0 Å². The smallest absolute Gasteiger partial charge is 0.121 e. The quantitative estimate of drug-likeness (QED) is 0.594. The Morgan fingerprint density at radius 3 is 2.18 bits per heavy atom. The van der Waals surface area contributed by atoms with Gasteiger partial charge in [0.05, 0.1) is 6.61 Å². The molecular formula is C19H28N2O. The topological polar surface area (TPSA) is 61.3 Å². The van der Waals surface area contributed by atoms with Gasteiger partial charge in [0.25, 0.3) is 0 Å². The molecule has 0 aliphatic heterocycles. The summed E-state index contributed by atoms with van der Waals surface area (Å²) in [7, 11) is 0. The van der Waals surface area contributed by atoms with Crippen molar-refractivity contribution in [1.29, 1.82) is 0 Å². The summed E-state index contributed by atoms with van der Waals surface area (Å²) in [6.45, 7) is 5.04. The zero-order valence-corrected chi connectivity index (χ0v) is 13.7. The van der Waals surface area contributed by atoms with Gasteiger partial charge in [-0.2, -0.15) is 0 Å². The Morgan fingerprint density at radius 2 is 1.59 bits per heavy atom. The molecule has 0 aliphatic carbocycles. The molecule has 0 amide bonds. The van der Waals surface area contributed by atoms with Crippen LogP contribution >= 0.6 is 0 Å². The molecule has 0 aromatic heterocycles. The van der Waals surface area contributed by atoms with Crippen LogP contribution in [0.1, 0.15) is 38.2 Å². The van der Waals surface area contributed by atoms with Crippen LogP contribution in [0, 0.1) is 6.92 Å². The Labute approximate surface area is 134 Å². The number of aryl methyl sites for hydroxylation is 1. The Bertz CT molecular complexity index is 502. The third kappa shape index (κ3) is 8.20. The standard InChI is InChI=1S/C12H19NO.C7H9N/c1-2-3-4-5-9-14-12-8-6-7-11(13)10-12;1-6-2-4-7(8)5-3-6/h6-8,10H,2-5,9,13H2,1H3;2-5H,8H2,1H3. The predicted molar refractivity (Wildman–Crippen MR) is 96.1 cm³/mol. The number of unbranched alkanes of at least 4 members (excludes halogenated alkanes) is 3. The second-order valence-corrected chi connectivity index (χ2v) is 5.39. The zero-order valence-electron chi connectivity index (χ0n) is 13.7. The van der Waals surface area contributed by atoms with Crippen molar-refractivity contribution in [3.63, 3.8) is 0 Å². The van der Waals surface area contributed by atoms with Crippen LogP contribution in [0.15, 0.2) is 48.5 Å². The van der Waals surface area contributed by atoms with Crippen molar-refractivity contribution in [2.75, 3.05) is 18.1 Å². The lowest BCUT2D eigenvalue weighted by atomic mass is 10.2. The fraction of sp³-hybridized carbons (Fsp3) is 0.368. The van der Waals surface area contributed by atoms with Crippen molar-refractivity contribution in [3.05, 3.63) is 54.1 Å². The molecule has 22 heavy (non-hydrogen) atoms. The molecule has 0 saturated heterocycles. The number of ether oxygens (including phenoxy) is 1. The molecular weight excluding hydrogens is 272 g/mol. The molecule has 2 aromatic carbocycles. The zero-order chi connectivity index (χ0) is 16.2. The van der Waals surface area contributed by atoms with Gasteiger partial charge in [-0.05, 0) is 37.6 Å². The average molecular weight is 300 g/mol. The first-order chi connectivity index (χ1) is 10.6. The van der Waals surface area contributed by atoms with E-state index in [-0.39, 0.29) is 0 Å². The van der Waals surface area contributed by atoms with E-state index in [9.17, 15) is 0 Å². The van der Waals surface area contributed by atoms with E-state index < -0.39 is 0 Å². The Balaban J connectivity index is 0.000000255. The van der Waals surface area contributed by atoms with Crippen molar-refractivity contribution >= 4 is 11.4 Å². The van der Waals surface area contributed by atoms with E-state index >= 15 is 0 Å². The number of nitrogens with two attached hydrogens (primary N) is 2. The summed E-state index contributed by atoms with van der Waals surface area (Å²) in [6, 6.07) is 15.4. The number of hydrogen-bond donors (Lipinski definition) is 2. The fourth-order valence-electron chi connectivity index (χ4n) is 1.89. The predicted octanol–water partition coefficient (Wildman–Crippen LogP) is 4.81. The number of hydrogen-bond acceptors (Lipinski definition) is 3. The van der Waals surface area contributed by atoms with Gasteiger partial charge in [0, 0.05) is 17.4 Å². The maximum Gasteiger partial charge on any atom is 0.121 e. The first kappa shape index (κ1) is 17.9. The van der Waals surface area contributed by atoms with Gasteiger partial charge in [-0.3, -0.25) is 0 Å². The van der Waals surface area contributed by atoms with Gasteiger partial charge in [0.15, 0.2) is 0 Å². The van der Waals surface area contributed by atoms with Crippen LogP contribution < -0.4 is 16.2 Å². The molecule has 3 heteroatoms. The van der Waals surface area contributed by atoms with E-state index in [1.165, 1.54) is 24.8 Å². The lowest BCUT2D eigenvalue weighted by Crippen LogP contribution is -1.97. The molecule has 0 aliphatic rings. The summed E-state index contributed by atoms with van der Waals surface area (Å²) in [4.78, 5) is 0. The molecule has 2 rings (SSSR count). The van der Waals surface area contributed by atoms with E-state index in [4.69, 9.17) is 16.2 Å². The van der Waals surface area contributed by atoms with Gasteiger partial charge >= 0.3 is 0 Å². The molecule has 0 fully saturated rings. The van der Waals surface area contributed by atoms with Crippen LogP contribution in [0.2, 0.25) is 0 Å². The Kier molecular flexibility index (Phi) is 8.58. The summed E-state index contributed by atoms with van der Waals surface area (Å²) < 4.78 is 5.55. The molecule has 0 radical (unpaired) electrons. The average Bonchev–Trinajstić information content (AvgIpc) is 2.51. The van der Waals surface area contributed by atoms with Crippen LogP contribution in [-0.4, -0.2) is 6.61 Å². The monoisotopic (exact) mass is 300 g/mol. The van der Waals surface area contributed by atoms with Gasteiger partial charge in [-0.15, -0.1) is 0 Å². The first-order valence-electron chi connectivity index (χ1n) is 7.92. The highest BCUT2D eigenvalue weighted by molar-refractivity contribution is 5.43. The highest BCUT2D eigenvalue weighted by Crippen LogP contribution is 2.14. The first-order valence-corrected chi connectivity index (χ1v) is 7.92. The summed E-state index contributed by atoms with van der Waals surface area (Å²) in [5, 5.41) is 0. The lowest BCUT2D eigenvalue weighted by Gasteiger charge is -2.05. The summed E-state index contributed by atoms with van der Waals surface area (Å²) in [6.07, 6.45) is 4.93. The van der Waals surface area contributed by atoms with Gasteiger partial charge in [0.2, 0.25) is 0 Å². The van der Waals surface area contributed by atoms with E-state index in [0.717, 1.165) is 30.2 Å². The third-order valence-electron chi connectivity index (χ3n) is 3.20. The molecule has 0 spiro atoms. The fourth-order valence-corrected chi connectivity index (χ4v) is 1.89. The molecule has 0 unspecified atom stereocenters. The number of anilines is 2. The molecule has 2 aromatic rings. The second-order valence-electron chi connectivity index (χ2n) is 5.39. The van der Waals surface area contributed by atoms with E-state index in [1.807, 2.05) is 55.5 Å². The summed E-state index contributed by atoms with van der Waals surface area (Å²) in [5.41, 5.74) is 13.9. The highest BCUT2D eigenvalue weighted by atomic mass is 16.5. The lowest BCUT2D eigenvalue weighted by molar-refractivity contribution is 0.305. The van der Waals surface area contributed by atoms with Gasteiger partial charge in [-0.1, -0.05) is 49.9 Å². The Hall–Kier alpha value is -2.16. The van der Waals surface area contributed by atoms with Crippen molar-refractivity contribution in [3.8, 4) is 5.75 Å². The minimum Gasteiger partial charge on any atom is -0.494 e. The molecule has 0 saturated carbocycles. The van der Waals surface area contributed by atoms with E-state index in [0.29, 0.717) is 0 Å². The SMILES string of the molecule is CCCCCCOc1cccc(N)c1.Cc1ccc(N)cc1. The van der Waals surface area contributed by atoms with Crippen molar-refractivity contribution in [2.24, 2.45) is 0 Å². The molecule has 0 heterocycles. The third-order valence-corrected chi connectivity index (χ3v) is 3.20. The number of rotatable bonds is 6. The van der Waals surface area contributed by atoms with Crippen molar-refractivity contribution < 1.29 is 4.74 Å². The minimum absolute atomic E-state index is 0.760. The molecule has 0 bridgehead atoms. The molecule has 120 valence electrons. The Morgan fingerprint density at radius 1 is 0.864 bits per heavy atom. The number of nitrogen functional groups attached to an aromatic ring is 2. The van der Waals surface area contributed by atoms with Gasteiger partial charge in [-0.25, -0.2) is 0 Å². The molecule has 4 N–H and O–H groups in total. The van der Waals surface area contributed by atoms with Crippen LogP contribution in [0.5, 0.6) is 5.75 Å². The minimum atomic E-state index is 0.760. The summed E-state index contributed by atoms with van der Waals surface area (Å²) >= 11 is 0. The second kappa shape index (κ2) is 10.6. The van der Waals surface area contributed by atoms with Gasteiger partial charge < -0.3 is 16.2 Å². The van der Waals surface area contributed by atoms with E-state index in [2.05, 4.69) is 6.92 Å². The van der Waals surface area contributed by atoms with Crippen LogP contribution in [0.25, 0.3) is 0 Å².